The van der Waals surface area contributed by atoms with Gasteiger partial charge in [0, 0.05) is 6.54 Å². The first kappa shape index (κ1) is 14.2. The third-order valence-electron chi connectivity index (χ3n) is 2.70. The summed E-state index contributed by atoms with van der Waals surface area (Å²) in [6, 6.07) is 9.39. The molecule has 0 saturated heterocycles. The predicted octanol–water partition coefficient (Wildman–Crippen LogP) is 3.60. The van der Waals surface area contributed by atoms with E-state index in [9.17, 15) is 8.76 Å². The van der Waals surface area contributed by atoms with Gasteiger partial charge in [-0.15, -0.1) is 0 Å². The Balaban J connectivity index is 2.42. The van der Waals surface area contributed by atoms with Gasteiger partial charge in [-0.3, -0.25) is 8.86 Å². The molecule has 0 fully saturated rings. The van der Waals surface area contributed by atoms with Gasteiger partial charge < -0.3 is 0 Å². The molecule has 1 aromatic rings. The second-order valence-corrected chi connectivity index (χ2v) is 4.98. The van der Waals surface area contributed by atoms with E-state index >= 15 is 0 Å². The van der Waals surface area contributed by atoms with Crippen LogP contribution in [0.2, 0.25) is 0 Å². The van der Waals surface area contributed by atoms with Crippen molar-refractivity contribution in [3.05, 3.63) is 30.3 Å². The normalized spacial score (nSPS) is 12.4. The molecule has 1 N–H and O–H groups in total. The van der Waals surface area contributed by atoms with Crippen LogP contribution in [-0.4, -0.2) is 15.3 Å². The van der Waals surface area contributed by atoms with Crippen LogP contribution in [0.4, 0.5) is 5.69 Å². The van der Waals surface area contributed by atoms with Gasteiger partial charge in [-0.1, -0.05) is 50.8 Å². The zero-order valence-electron chi connectivity index (χ0n) is 10.3. The highest BCUT2D eigenvalue weighted by molar-refractivity contribution is 7.80. The molecular formula is C13H21NO2S. The van der Waals surface area contributed by atoms with Crippen LogP contribution in [0.25, 0.3) is 0 Å². The van der Waals surface area contributed by atoms with Crippen molar-refractivity contribution in [3.63, 3.8) is 0 Å². The molecule has 0 bridgehead atoms. The minimum Gasteiger partial charge on any atom is -0.289 e. The van der Waals surface area contributed by atoms with Crippen molar-refractivity contribution in [2.45, 2.75) is 39.0 Å². The standard InChI is InChI=1S/C13H21NO2S/c1-2-3-4-5-9-12-14(17(15)16)13-10-7-6-8-11-13/h6-8,10-11H,2-5,9,12H2,1H3,(H,15,16). The summed E-state index contributed by atoms with van der Waals surface area (Å²) in [6.07, 6.45) is 5.74. The zero-order valence-corrected chi connectivity index (χ0v) is 11.2. The Kier molecular flexibility index (Phi) is 6.89. The summed E-state index contributed by atoms with van der Waals surface area (Å²) < 4.78 is 22.1. The number of anilines is 1. The van der Waals surface area contributed by atoms with Crippen LogP contribution in [-0.2, 0) is 11.3 Å². The smallest absolute Gasteiger partial charge is 0.261 e. The zero-order chi connectivity index (χ0) is 12.5. The van der Waals surface area contributed by atoms with E-state index in [0.29, 0.717) is 6.54 Å². The van der Waals surface area contributed by atoms with Gasteiger partial charge in [0.15, 0.2) is 0 Å². The minimum absolute atomic E-state index is 0.636. The summed E-state index contributed by atoms with van der Waals surface area (Å²) in [5.41, 5.74) is 0.809. The number of unbranched alkanes of at least 4 members (excludes halogenated alkanes) is 4. The summed E-state index contributed by atoms with van der Waals surface area (Å²) in [4.78, 5) is 0. The predicted molar refractivity (Wildman–Crippen MR) is 73.3 cm³/mol. The molecular weight excluding hydrogens is 234 g/mol. The molecule has 96 valence electrons. The van der Waals surface area contributed by atoms with E-state index in [-0.39, 0.29) is 0 Å². The monoisotopic (exact) mass is 255 g/mol. The van der Waals surface area contributed by atoms with E-state index in [1.165, 1.54) is 23.6 Å². The topological polar surface area (TPSA) is 40.5 Å². The molecule has 0 heterocycles. The van der Waals surface area contributed by atoms with Crippen molar-refractivity contribution < 1.29 is 8.76 Å². The second kappa shape index (κ2) is 8.25. The number of hydrogen-bond donors (Lipinski definition) is 1. The maximum Gasteiger partial charge on any atom is 0.261 e. The van der Waals surface area contributed by atoms with Crippen molar-refractivity contribution in [2.75, 3.05) is 10.8 Å². The first-order valence-electron chi connectivity index (χ1n) is 6.19. The Morgan fingerprint density at radius 3 is 2.35 bits per heavy atom. The summed E-state index contributed by atoms with van der Waals surface area (Å²) >= 11 is -1.93. The molecule has 3 nitrogen and oxygen atoms in total. The summed E-state index contributed by atoms with van der Waals surface area (Å²) in [5.74, 6) is 0. The lowest BCUT2D eigenvalue weighted by atomic mass is 10.1. The van der Waals surface area contributed by atoms with Gasteiger partial charge in [-0.25, -0.2) is 4.21 Å². The van der Waals surface area contributed by atoms with Gasteiger partial charge >= 0.3 is 0 Å². The van der Waals surface area contributed by atoms with E-state index in [2.05, 4.69) is 6.92 Å². The molecule has 0 aromatic heterocycles. The average Bonchev–Trinajstić information content (AvgIpc) is 2.34. The Morgan fingerprint density at radius 1 is 1.12 bits per heavy atom. The first-order chi connectivity index (χ1) is 8.25. The van der Waals surface area contributed by atoms with Gasteiger partial charge in [0.05, 0.1) is 5.69 Å². The van der Waals surface area contributed by atoms with Crippen molar-refractivity contribution in [1.29, 1.82) is 0 Å². The fourth-order valence-electron chi connectivity index (χ4n) is 1.75. The molecule has 0 saturated carbocycles. The van der Waals surface area contributed by atoms with Crippen LogP contribution in [0.1, 0.15) is 39.0 Å². The molecule has 1 aromatic carbocycles. The number of rotatable bonds is 8. The number of para-hydroxylation sites is 1. The van der Waals surface area contributed by atoms with E-state index in [1.807, 2.05) is 30.3 Å². The largest absolute Gasteiger partial charge is 0.289 e. The Hall–Kier alpha value is -0.870. The van der Waals surface area contributed by atoms with Crippen LogP contribution in [0.3, 0.4) is 0 Å². The van der Waals surface area contributed by atoms with Crippen LogP contribution in [0.5, 0.6) is 0 Å². The van der Waals surface area contributed by atoms with Gasteiger partial charge in [-0.2, -0.15) is 0 Å². The number of hydrogen-bond acceptors (Lipinski definition) is 1. The Labute approximate surface area is 106 Å². The van der Waals surface area contributed by atoms with Crippen LogP contribution >= 0.6 is 0 Å². The van der Waals surface area contributed by atoms with Crippen molar-refractivity contribution in [3.8, 4) is 0 Å². The molecule has 4 heteroatoms. The van der Waals surface area contributed by atoms with E-state index in [1.54, 1.807) is 0 Å². The molecule has 0 radical (unpaired) electrons. The molecule has 0 spiro atoms. The molecule has 0 aliphatic carbocycles. The van der Waals surface area contributed by atoms with Gasteiger partial charge in [0.25, 0.3) is 11.3 Å². The van der Waals surface area contributed by atoms with Crippen LogP contribution in [0, 0.1) is 0 Å². The highest BCUT2D eigenvalue weighted by atomic mass is 32.2. The minimum atomic E-state index is -1.93. The average molecular weight is 255 g/mol. The quantitative estimate of drug-likeness (QED) is 0.569. The first-order valence-corrected chi connectivity index (χ1v) is 7.25. The molecule has 1 atom stereocenters. The molecule has 0 aliphatic rings. The molecule has 1 unspecified atom stereocenters. The van der Waals surface area contributed by atoms with Gasteiger partial charge in [0.2, 0.25) is 0 Å². The summed E-state index contributed by atoms with van der Waals surface area (Å²) in [5, 5.41) is 0. The third-order valence-corrected chi connectivity index (χ3v) is 3.47. The highest BCUT2D eigenvalue weighted by Gasteiger charge is 2.10. The van der Waals surface area contributed by atoms with Crippen molar-refractivity contribution >= 4 is 17.0 Å². The Bertz CT molecular complexity index is 329. The second-order valence-electron chi connectivity index (χ2n) is 4.08. The van der Waals surface area contributed by atoms with Gasteiger partial charge in [-0.05, 0) is 18.6 Å². The maximum atomic E-state index is 11.3. The fraction of sp³-hybridized carbons (Fsp3) is 0.538. The lowest BCUT2D eigenvalue weighted by Gasteiger charge is -2.19. The Morgan fingerprint density at radius 2 is 1.76 bits per heavy atom. The fourth-order valence-corrected chi connectivity index (χ4v) is 2.34. The highest BCUT2D eigenvalue weighted by Crippen LogP contribution is 2.16. The van der Waals surface area contributed by atoms with E-state index in [4.69, 9.17) is 0 Å². The molecule has 0 aliphatic heterocycles. The van der Waals surface area contributed by atoms with E-state index < -0.39 is 11.3 Å². The lowest BCUT2D eigenvalue weighted by molar-refractivity contribution is 0.554. The van der Waals surface area contributed by atoms with Crippen molar-refractivity contribution in [2.24, 2.45) is 0 Å². The van der Waals surface area contributed by atoms with Crippen LogP contribution < -0.4 is 4.31 Å². The lowest BCUT2D eigenvalue weighted by Crippen LogP contribution is -2.26. The van der Waals surface area contributed by atoms with E-state index in [0.717, 1.165) is 18.5 Å². The maximum absolute atomic E-state index is 11.3. The van der Waals surface area contributed by atoms with Crippen LogP contribution in [0.15, 0.2) is 30.3 Å². The molecule has 1 rings (SSSR count). The third kappa shape index (κ3) is 5.33. The van der Waals surface area contributed by atoms with Gasteiger partial charge in [0.1, 0.15) is 0 Å². The molecule has 0 amide bonds. The van der Waals surface area contributed by atoms with Crippen molar-refractivity contribution in [1.82, 2.24) is 0 Å². The SMILES string of the molecule is CCCCCCCN(c1ccccc1)S(=O)O. The summed E-state index contributed by atoms with van der Waals surface area (Å²) in [7, 11) is 0. The number of benzene rings is 1. The molecule has 17 heavy (non-hydrogen) atoms. The summed E-state index contributed by atoms with van der Waals surface area (Å²) in [6.45, 7) is 2.82. The number of nitrogens with zero attached hydrogens (tertiary/aromatic N) is 1.